The summed E-state index contributed by atoms with van der Waals surface area (Å²) in [4.78, 5) is 4.54. The van der Waals surface area contributed by atoms with Gasteiger partial charge in [-0.2, -0.15) is 5.10 Å². The molecular formula is C21H24FN5O. The Kier molecular flexibility index (Phi) is 6.62. The molecule has 0 spiro atoms. The first kappa shape index (κ1) is 19.4. The Bertz CT molecular complexity index is 903. The fourth-order valence-corrected chi connectivity index (χ4v) is 2.61. The summed E-state index contributed by atoms with van der Waals surface area (Å²) in [6.45, 7) is 3.76. The van der Waals surface area contributed by atoms with Crippen molar-refractivity contribution in [2.45, 2.75) is 20.0 Å². The second kappa shape index (κ2) is 9.55. The van der Waals surface area contributed by atoms with Gasteiger partial charge in [-0.05, 0) is 55.0 Å². The van der Waals surface area contributed by atoms with Crippen molar-refractivity contribution >= 4 is 5.96 Å². The number of hydrogen-bond donors (Lipinski definition) is 2. The molecule has 2 aromatic carbocycles. The quantitative estimate of drug-likeness (QED) is 0.487. The molecule has 0 aliphatic heterocycles. The molecule has 6 nitrogen and oxygen atoms in total. The van der Waals surface area contributed by atoms with E-state index in [9.17, 15) is 4.39 Å². The molecule has 28 heavy (non-hydrogen) atoms. The van der Waals surface area contributed by atoms with Gasteiger partial charge in [0.15, 0.2) is 5.96 Å². The largest absolute Gasteiger partial charge is 0.497 e. The molecule has 0 atom stereocenters. The molecule has 1 heterocycles. The minimum absolute atomic E-state index is 0.245. The van der Waals surface area contributed by atoms with E-state index in [1.54, 1.807) is 19.2 Å². The van der Waals surface area contributed by atoms with Crippen LogP contribution in [0.15, 0.2) is 65.8 Å². The summed E-state index contributed by atoms with van der Waals surface area (Å²) in [6, 6.07) is 16.0. The first-order chi connectivity index (χ1) is 13.7. The van der Waals surface area contributed by atoms with E-state index in [4.69, 9.17) is 4.74 Å². The van der Waals surface area contributed by atoms with Gasteiger partial charge in [0, 0.05) is 12.7 Å². The number of benzene rings is 2. The number of nitrogens with one attached hydrogen (secondary N) is 2. The van der Waals surface area contributed by atoms with Gasteiger partial charge in [0.2, 0.25) is 0 Å². The summed E-state index contributed by atoms with van der Waals surface area (Å²) < 4.78 is 20.0. The number of aliphatic imine (C=N–C) groups is 1. The van der Waals surface area contributed by atoms with E-state index in [0.29, 0.717) is 19.0 Å². The number of hydrogen-bond acceptors (Lipinski definition) is 3. The van der Waals surface area contributed by atoms with Crippen LogP contribution in [-0.4, -0.2) is 29.4 Å². The average Bonchev–Trinajstić information content (AvgIpc) is 3.20. The lowest BCUT2D eigenvalue weighted by Gasteiger charge is -2.10. The maximum atomic E-state index is 13.0. The molecule has 146 valence electrons. The highest BCUT2D eigenvalue weighted by molar-refractivity contribution is 5.79. The fraction of sp³-hybridized carbons (Fsp3) is 0.238. The monoisotopic (exact) mass is 381 g/mol. The molecule has 0 bridgehead atoms. The number of rotatable bonds is 7. The van der Waals surface area contributed by atoms with E-state index in [1.807, 2.05) is 48.1 Å². The molecular weight excluding hydrogens is 357 g/mol. The molecule has 0 aliphatic carbocycles. The summed E-state index contributed by atoms with van der Waals surface area (Å²) in [7, 11) is 1.65. The van der Waals surface area contributed by atoms with Crippen LogP contribution in [0.2, 0.25) is 0 Å². The highest BCUT2D eigenvalue weighted by atomic mass is 19.1. The van der Waals surface area contributed by atoms with Gasteiger partial charge >= 0.3 is 0 Å². The average molecular weight is 381 g/mol. The smallest absolute Gasteiger partial charge is 0.191 e. The molecule has 0 radical (unpaired) electrons. The third-order valence-electron chi connectivity index (χ3n) is 4.10. The number of nitrogens with zero attached hydrogens (tertiary/aromatic N) is 3. The van der Waals surface area contributed by atoms with Gasteiger partial charge in [-0.3, -0.25) is 0 Å². The zero-order valence-electron chi connectivity index (χ0n) is 16.0. The second-order valence-corrected chi connectivity index (χ2v) is 6.12. The molecule has 2 N–H and O–H groups in total. The summed E-state index contributed by atoms with van der Waals surface area (Å²) in [6.07, 6.45) is 1.92. The van der Waals surface area contributed by atoms with Gasteiger partial charge in [-0.1, -0.05) is 12.1 Å². The highest BCUT2D eigenvalue weighted by Crippen LogP contribution is 2.14. The predicted octanol–water partition coefficient (Wildman–Crippen LogP) is 3.28. The van der Waals surface area contributed by atoms with Crippen molar-refractivity contribution < 1.29 is 9.13 Å². The third-order valence-corrected chi connectivity index (χ3v) is 4.10. The number of methoxy groups -OCH3 is 1. The van der Waals surface area contributed by atoms with Crippen molar-refractivity contribution in [2.75, 3.05) is 13.7 Å². The van der Waals surface area contributed by atoms with Crippen LogP contribution in [0.25, 0.3) is 5.69 Å². The number of aromatic nitrogens is 2. The van der Waals surface area contributed by atoms with E-state index >= 15 is 0 Å². The van der Waals surface area contributed by atoms with Crippen molar-refractivity contribution in [3.05, 3.63) is 77.9 Å². The van der Waals surface area contributed by atoms with Crippen LogP contribution in [-0.2, 0) is 13.1 Å². The Balaban J connectivity index is 1.61. The van der Waals surface area contributed by atoms with E-state index in [1.165, 1.54) is 12.1 Å². The zero-order valence-corrected chi connectivity index (χ0v) is 16.0. The zero-order chi connectivity index (χ0) is 19.8. The van der Waals surface area contributed by atoms with Gasteiger partial charge in [0.25, 0.3) is 0 Å². The van der Waals surface area contributed by atoms with E-state index < -0.39 is 0 Å². The molecule has 0 fully saturated rings. The molecule has 0 amide bonds. The SMILES string of the molecule is CCNC(=NCc1ccc(F)cc1)NCc1ccn(-c2ccc(OC)cc2)n1. The Morgan fingerprint density at radius 1 is 1.07 bits per heavy atom. The summed E-state index contributed by atoms with van der Waals surface area (Å²) in [5.41, 5.74) is 2.80. The minimum Gasteiger partial charge on any atom is -0.497 e. The van der Waals surface area contributed by atoms with Gasteiger partial charge in [-0.15, -0.1) is 0 Å². The van der Waals surface area contributed by atoms with Crippen molar-refractivity contribution in [2.24, 2.45) is 4.99 Å². The topological polar surface area (TPSA) is 63.5 Å². The number of ether oxygens (including phenoxy) is 1. The van der Waals surface area contributed by atoms with Gasteiger partial charge in [0.1, 0.15) is 11.6 Å². The van der Waals surface area contributed by atoms with Crippen LogP contribution < -0.4 is 15.4 Å². The number of guanidine groups is 1. The van der Waals surface area contributed by atoms with Gasteiger partial charge < -0.3 is 15.4 Å². The molecule has 0 saturated heterocycles. The lowest BCUT2D eigenvalue weighted by atomic mass is 10.2. The van der Waals surface area contributed by atoms with Crippen LogP contribution >= 0.6 is 0 Å². The van der Waals surface area contributed by atoms with Crippen LogP contribution in [0.1, 0.15) is 18.2 Å². The van der Waals surface area contributed by atoms with E-state index in [0.717, 1.165) is 29.2 Å². The van der Waals surface area contributed by atoms with Crippen LogP contribution in [0, 0.1) is 5.82 Å². The standard InChI is InChI=1S/C21H24FN5O/c1-3-23-21(24-14-16-4-6-17(22)7-5-16)25-15-18-12-13-27(26-18)19-8-10-20(28-2)11-9-19/h4-13H,3,14-15H2,1-2H3,(H2,23,24,25). The maximum Gasteiger partial charge on any atom is 0.191 e. The van der Waals surface area contributed by atoms with Crippen molar-refractivity contribution in [1.82, 2.24) is 20.4 Å². The van der Waals surface area contributed by atoms with Crippen molar-refractivity contribution in [1.29, 1.82) is 0 Å². The normalized spacial score (nSPS) is 11.3. The van der Waals surface area contributed by atoms with Crippen LogP contribution in [0.3, 0.4) is 0 Å². The molecule has 3 rings (SSSR count). The van der Waals surface area contributed by atoms with Gasteiger partial charge in [-0.25, -0.2) is 14.1 Å². The Morgan fingerprint density at radius 3 is 2.50 bits per heavy atom. The summed E-state index contributed by atoms with van der Waals surface area (Å²) >= 11 is 0. The molecule has 1 aromatic heterocycles. The summed E-state index contributed by atoms with van der Waals surface area (Å²) in [5.74, 6) is 1.25. The van der Waals surface area contributed by atoms with Gasteiger partial charge in [0.05, 0.1) is 31.6 Å². The first-order valence-electron chi connectivity index (χ1n) is 9.13. The molecule has 0 aliphatic rings. The molecule has 7 heteroatoms. The predicted molar refractivity (Wildman–Crippen MR) is 108 cm³/mol. The Morgan fingerprint density at radius 2 is 1.82 bits per heavy atom. The Labute approximate surface area is 164 Å². The van der Waals surface area contributed by atoms with Crippen molar-refractivity contribution in [3.63, 3.8) is 0 Å². The fourth-order valence-electron chi connectivity index (χ4n) is 2.61. The molecule has 0 unspecified atom stereocenters. The second-order valence-electron chi connectivity index (χ2n) is 6.12. The highest BCUT2D eigenvalue weighted by Gasteiger charge is 2.04. The lowest BCUT2D eigenvalue weighted by molar-refractivity contribution is 0.414. The van der Waals surface area contributed by atoms with E-state index in [2.05, 4.69) is 20.7 Å². The lowest BCUT2D eigenvalue weighted by Crippen LogP contribution is -2.36. The van der Waals surface area contributed by atoms with Crippen molar-refractivity contribution in [3.8, 4) is 11.4 Å². The first-order valence-corrected chi connectivity index (χ1v) is 9.13. The minimum atomic E-state index is -0.245. The molecule has 0 saturated carbocycles. The maximum absolute atomic E-state index is 13.0. The third kappa shape index (κ3) is 5.33. The number of halogens is 1. The van der Waals surface area contributed by atoms with Crippen LogP contribution in [0.5, 0.6) is 5.75 Å². The molecule has 3 aromatic rings. The van der Waals surface area contributed by atoms with E-state index in [-0.39, 0.29) is 5.82 Å². The Hall–Kier alpha value is -3.35. The summed E-state index contributed by atoms with van der Waals surface area (Å²) in [5, 5.41) is 11.1. The van der Waals surface area contributed by atoms with Crippen LogP contribution in [0.4, 0.5) is 4.39 Å².